The van der Waals surface area contributed by atoms with E-state index in [2.05, 4.69) is 59.2 Å². The molecule has 8 heteroatoms. The molecule has 0 saturated carbocycles. The van der Waals surface area contributed by atoms with E-state index in [0.717, 1.165) is 28.6 Å². The number of nitrogens with one attached hydrogen (secondary N) is 1. The zero-order chi connectivity index (χ0) is 16.5. The Kier molecular flexibility index (Phi) is 3.73. The minimum atomic E-state index is 0.335. The quantitative estimate of drug-likeness (QED) is 0.427. The Bertz CT molecular complexity index is 1050. The molecule has 1 N–H and O–H groups in total. The fraction of sp³-hybridized carbons (Fsp3) is 0.125. The lowest BCUT2D eigenvalue weighted by molar-refractivity contribution is 0.534. The maximum absolute atomic E-state index is 5.33. The molecule has 0 fully saturated rings. The van der Waals surface area contributed by atoms with Gasteiger partial charge < -0.3 is 8.98 Å². The Hall–Kier alpha value is -2.74. The van der Waals surface area contributed by atoms with Crippen molar-refractivity contribution in [3.63, 3.8) is 0 Å². The SMILES string of the molecule is CCn1c2ccccc2c2nnc(N/N=C/c3ccc(Br)o3)nc21. The van der Waals surface area contributed by atoms with Crippen LogP contribution in [0.1, 0.15) is 12.7 Å². The van der Waals surface area contributed by atoms with E-state index in [-0.39, 0.29) is 0 Å². The molecule has 0 atom stereocenters. The van der Waals surface area contributed by atoms with Gasteiger partial charge in [0, 0.05) is 11.9 Å². The fourth-order valence-corrected chi connectivity index (χ4v) is 2.94. The van der Waals surface area contributed by atoms with Crippen molar-refractivity contribution < 1.29 is 4.42 Å². The normalized spacial score (nSPS) is 11.8. The summed E-state index contributed by atoms with van der Waals surface area (Å²) in [6.07, 6.45) is 1.55. The van der Waals surface area contributed by atoms with Gasteiger partial charge in [0.05, 0.1) is 11.7 Å². The third-order valence-corrected chi connectivity index (χ3v) is 4.07. The maximum Gasteiger partial charge on any atom is 0.265 e. The molecule has 4 rings (SSSR count). The Morgan fingerprint density at radius 2 is 2.12 bits per heavy atom. The first-order valence-electron chi connectivity index (χ1n) is 7.42. The Labute approximate surface area is 145 Å². The van der Waals surface area contributed by atoms with Gasteiger partial charge in [0.1, 0.15) is 11.3 Å². The summed E-state index contributed by atoms with van der Waals surface area (Å²) >= 11 is 3.24. The predicted molar refractivity (Wildman–Crippen MR) is 96.1 cm³/mol. The molecule has 3 aromatic heterocycles. The number of rotatable bonds is 4. The molecule has 4 aromatic rings. The monoisotopic (exact) mass is 384 g/mol. The van der Waals surface area contributed by atoms with Crippen LogP contribution in [-0.2, 0) is 6.54 Å². The van der Waals surface area contributed by atoms with Gasteiger partial charge in [0.2, 0.25) is 0 Å². The molecule has 0 saturated heterocycles. The van der Waals surface area contributed by atoms with Gasteiger partial charge in [-0.1, -0.05) is 18.2 Å². The average molecular weight is 385 g/mol. The lowest BCUT2D eigenvalue weighted by Gasteiger charge is -2.02. The zero-order valence-corrected chi connectivity index (χ0v) is 14.4. The molecule has 0 aliphatic heterocycles. The Morgan fingerprint density at radius 3 is 2.92 bits per heavy atom. The van der Waals surface area contributed by atoms with Gasteiger partial charge >= 0.3 is 0 Å². The number of hydrogen-bond acceptors (Lipinski definition) is 6. The van der Waals surface area contributed by atoms with Crippen LogP contribution in [-0.4, -0.2) is 26.0 Å². The molecule has 0 bridgehead atoms. The van der Waals surface area contributed by atoms with E-state index in [1.165, 1.54) is 0 Å². The van der Waals surface area contributed by atoms with E-state index in [4.69, 9.17) is 4.42 Å². The number of furan rings is 1. The minimum absolute atomic E-state index is 0.335. The molecule has 24 heavy (non-hydrogen) atoms. The van der Waals surface area contributed by atoms with Crippen molar-refractivity contribution in [3.05, 3.63) is 46.8 Å². The smallest absolute Gasteiger partial charge is 0.265 e. The molecular weight excluding hydrogens is 372 g/mol. The van der Waals surface area contributed by atoms with Gasteiger partial charge in [-0.15, -0.1) is 10.2 Å². The van der Waals surface area contributed by atoms with Crippen LogP contribution < -0.4 is 5.43 Å². The van der Waals surface area contributed by atoms with Gasteiger partial charge in [-0.2, -0.15) is 10.1 Å². The summed E-state index contributed by atoms with van der Waals surface area (Å²) in [5, 5.41) is 13.5. The molecule has 0 unspecified atom stereocenters. The van der Waals surface area contributed by atoms with E-state index < -0.39 is 0 Å². The van der Waals surface area contributed by atoms with Crippen LogP contribution in [0.2, 0.25) is 0 Å². The largest absolute Gasteiger partial charge is 0.448 e. The molecule has 0 aliphatic carbocycles. The molecule has 0 radical (unpaired) electrons. The number of anilines is 1. The van der Waals surface area contributed by atoms with Gasteiger partial charge in [-0.3, -0.25) is 0 Å². The van der Waals surface area contributed by atoms with Crippen LogP contribution in [0.3, 0.4) is 0 Å². The van der Waals surface area contributed by atoms with Crippen LogP contribution in [0.25, 0.3) is 22.1 Å². The highest BCUT2D eigenvalue weighted by atomic mass is 79.9. The summed E-state index contributed by atoms with van der Waals surface area (Å²) in [5.74, 6) is 0.952. The van der Waals surface area contributed by atoms with Gasteiger partial charge in [-0.05, 0) is 41.1 Å². The molecule has 0 aliphatic rings. The van der Waals surface area contributed by atoms with Gasteiger partial charge in [-0.25, -0.2) is 5.43 Å². The first-order valence-corrected chi connectivity index (χ1v) is 8.21. The summed E-state index contributed by atoms with van der Waals surface area (Å²) in [6, 6.07) is 11.7. The fourth-order valence-electron chi connectivity index (χ4n) is 2.62. The third-order valence-electron chi connectivity index (χ3n) is 3.64. The third kappa shape index (κ3) is 2.54. The number of para-hydroxylation sites is 1. The van der Waals surface area contributed by atoms with Crippen LogP contribution in [0.5, 0.6) is 0 Å². The number of nitrogens with zero attached hydrogens (tertiary/aromatic N) is 5. The molecule has 3 heterocycles. The first kappa shape index (κ1) is 14.8. The predicted octanol–water partition coefficient (Wildman–Crippen LogP) is 3.80. The summed E-state index contributed by atoms with van der Waals surface area (Å²) in [6.45, 7) is 2.87. The van der Waals surface area contributed by atoms with E-state index in [1.54, 1.807) is 18.3 Å². The number of fused-ring (bicyclic) bond motifs is 3. The maximum atomic E-state index is 5.33. The van der Waals surface area contributed by atoms with Crippen LogP contribution in [0.15, 0.2) is 50.6 Å². The molecule has 0 spiro atoms. The summed E-state index contributed by atoms with van der Waals surface area (Å²) in [4.78, 5) is 4.54. The van der Waals surface area contributed by atoms with Gasteiger partial charge in [0.25, 0.3) is 5.95 Å². The summed E-state index contributed by atoms with van der Waals surface area (Å²) < 4.78 is 8.09. The molecule has 0 amide bonds. The topological polar surface area (TPSA) is 81.1 Å². The van der Waals surface area contributed by atoms with Crippen molar-refractivity contribution in [2.75, 3.05) is 5.43 Å². The second kappa shape index (κ2) is 6.04. The van der Waals surface area contributed by atoms with Crippen molar-refractivity contribution >= 4 is 50.2 Å². The zero-order valence-electron chi connectivity index (χ0n) is 12.8. The lowest BCUT2D eigenvalue weighted by atomic mass is 10.2. The molecular formula is C16H13BrN6O. The van der Waals surface area contributed by atoms with Crippen molar-refractivity contribution in [1.82, 2.24) is 19.7 Å². The number of hydrazone groups is 1. The van der Waals surface area contributed by atoms with Crippen LogP contribution in [0.4, 0.5) is 5.95 Å². The molecule has 7 nitrogen and oxygen atoms in total. The summed E-state index contributed by atoms with van der Waals surface area (Å²) in [7, 11) is 0. The number of halogens is 1. The second-order valence-electron chi connectivity index (χ2n) is 5.08. The lowest BCUT2D eigenvalue weighted by Crippen LogP contribution is -2.02. The second-order valence-corrected chi connectivity index (χ2v) is 5.86. The van der Waals surface area contributed by atoms with Gasteiger partial charge in [0.15, 0.2) is 10.3 Å². The highest BCUT2D eigenvalue weighted by Crippen LogP contribution is 2.26. The Balaban J connectivity index is 1.70. The number of benzene rings is 1. The van der Waals surface area contributed by atoms with E-state index >= 15 is 0 Å². The van der Waals surface area contributed by atoms with E-state index in [9.17, 15) is 0 Å². The highest BCUT2D eigenvalue weighted by Gasteiger charge is 2.13. The number of hydrogen-bond donors (Lipinski definition) is 1. The van der Waals surface area contributed by atoms with Crippen molar-refractivity contribution in [2.45, 2.75) is 13.5 Å². The highest BCUT2D eigenvalue weighted by molar-refractivity contribution is 9.10. The van der Waals surface area contributed by atoms with E-state index in [1.807, 2.05) is 18.2 Å². The van der Waals surface area contributed by atoms with E-state index in [0.29, 0.717) is 16.4 Å². The van der Waals surface area contributed by atoms with Crippen molar-refractivity contribution in [1.29, 1.82) is 0 Å². The molecule has 120 valence electrons. The minimum Gasteiger partial charge on any atom is -0.448 e. The summed E-state index contributed by atoms with van der Waals surface area (Å²) in [5.41, 5.74) is 5.45. The number of aryl methyl sites for hydroxylation is 1. The first-order chi connectivity index (χ1) is 11.8. The number of aromatic nitrogens is 4. The van der Waals surface area contributed by atoms with Crippen molar-refractivity contribution in [2.24, 2.45) is 5.10 Å². The Morgan fingerprint density at radius 1 is 1.25 bits per heavy atom. The van der Waals surface area contributed by atoms with Crippen LogP contribution >= 0.6 is 15.9 Å². The van der Waals surface area contributed by atoms with Crippen molar-refractivity contribution in [3.8, 4) is 0 Å². The average Bonchev–Trinajstić information content (AvgIpc) is 3.15. The van der Waals surface area contributed by atoms with Crippen LogP contribution in [0, 0.1) is 0 Å². The standard InChI is InChI=1S/C16H13BrN6O/c1-2-23-12-6-4-3-5-11(12)14-15(23)19-16(22-20-14)21-18-9-10-7-8-13(17)24-10/h3-9H,2H2,1H3,(H,19,21,22)/b18-9+. The molecule has 1 aromatic carbocycles.